The van der Waals surface area contributed by atoms with Crippen molar-refractivity contribution in [1.29, 1.82) is 0 Å². The third-order valence-corrected chi connectivity index (χ3v) is 3.35. The van der Waals surface area contributed by atoms with E-state index in [1.807, 2.05) is 0 Å². The zero-order valence-corrected chi connectivity index (χ0v) is 12.2. The summed E-state index contributed by atoms with van der Waals surface area (Å²) in [6.45, 7) is 3.14. The van der Waals surface area contributed by atoms with Crippen molar-refractivity contribution in [3.63, 3.8) is 0 Å². The molecule has 110 valence electrons. The summed E-state index contributed by atoms with van der Waals surface area (Å²) in [7, 11) is 0. The maximum atomic E-state index is 12.1. The summed E-state index contributed by atoms with van der Waals surface area (Å²) >= 11 is 0. The van der Waals surface area contributed by atoms with Gasteiger partial charge in [-0.15, -0.1) is 0 Å². The van der Waals surface area contributed by atoms with Crippen molar-refractivity contribution in [2.75, 3.05) is 5.73 Å². The number of carbonyl (C=O) groups is 2. The number of anilines is 1. The molecule has 0 saturated carbocycles. The lowest BCUT2D eigenvalue weighted by Crippen LogP contribution is -2.11. The molecular formula is C16H14N4O2. The summed E-state index contributed by atoms with van der Waals surface area (Å²) in [6.07, 6.45) is 4.80. The van der Waals surface area contributed by atoms with Crippen LogP contribution in [0, 0.1) is 0 Å². The molecule has 2 aromatic heterocycles. The van der Waals surface area contributed by atoms with Crippen LogP contribution in [0.15, 0.2) is 35.5 Å². The molecule has 0 aliphatic heterocycles. The van der Waals surface area contributed by atoms with Crippen LogP contribution in [0.3, 0.4) is 0 Å². The number of ketones is 1. The van der Waals surface area contributed by atoms with Crippen LogP contribution in [0.1, 0.15) is 24.3 Å². The Morgan fingerprint density at radius 1 is 1.36 bits per heavy atom. The molecular weight excluding hydrogens is 280 g/mol. The van der Waals surface area contributed by atoms with Gasteiger partial charge in [0, 0.05) is 23.9 Å². The number of nitrogens with zero attached hydrogens (tertiary/aromatic N) is 2. The molecule has 0 fully saturated rings. The molecule has 22 heavy (non-hydrogen) atoms. The molecule has 0 unspecified atom stereocenters. The van der Waals surface area contributed by atoms with E-state index in [2.05, 4.69) is 15.0 Å². The number of H-pyrrole nitrogens is 1. The molecule has 2 heterocycles. The van der Waals surface area contributed by atoms with Crippen LogP contribution in [0.4, 0.5) is 5.69 Å². The number of allylic oxidation sites excluding steroid dienone is 2. The Bertz CT molecular complexity index is 998. The smallest absolute Gasteiger partial charge is 0.243 e. The number of carbonyl (C=O) groups excluding carboxylic acids is 2. The van der Waals surface area contributed by atoms with E-state index in [1.165, 1.54) is 13.0 Å². The second kappa shape index (κ2) is 5.07. The molecule has 0 spiro atoms. The number of pyridine rings is 1. The first kappa shape index (κ1) is 13.9. The van der Waals surface area contributed by atoms with Gasteiger partial charge >= 0.3 is 0 Å². The first-order valence-corrected chi connectivity index (χ1v) is 6.77. The summed E-state index contributed by atoms with van der Waals surface area (Å²) in [5, 5.41) is 1.96. The van der Waals surface area contributed by atoms with E-state index in [-0.39, 0.29) is 11.7 Å². The van der Waals surface area contributed by atoms with Gasteiger partial charge in [-0.05, 0) is 25.1 Å². The van der Waals surface area contributed by atoms with Gasteiger partial charge in [-0.1, -0.05) is 6.08 Å². The highest BCUT2D eigenvalue weighted by Gasteiger charge is 2.14. The highest BCUT2D eigenvalue weighted by atomic mass is 16.1. The predicted molar refractivity (Wildman–Crippen MR) is 84.6 cm³/mol. The second-order valence-electron chi connectivity index (χ2n) is 4.98. The number of benzene rings is 1. The molecule has 1 amide bonds. The molecule has 0 aliphatic carbocycles. The van der Waals surface area contributed by atoms with Crippen LogP contribution < -0.4 is 11.1 Å². The van der Waals surface area contributed by atoms with Gasteiger partial charge in [0.15, 0.2) is 0 Å². The van der Waals surface area contributed by atoms with Crippen LogP contribution in [0.5, 0.6) is 0 Å². The molecule has 3 N–H and O–H groups in total. The zero-order valence-electron chi connectivity index (χ0n) is 12.2. The number of nitrogens with two attached hydrogens (primary N) is 1. The third-order valence-electron chi connectivity index (χ3n) is 3.35. The summed E-state index contributed by atoms with van der Waals surface area (Å²) in [6, 6.07) is 3.31. The van der Waals surface area contributed by atoms with Crippen LogP contribution in [-0.4, -0.2) is 21.7 Å². The molecule has 1 aromatic carbocycles. The van der Waals surface area contributed by atoms with Crippen LogP contribution in [-0.2, 0) is 4.79 Å². The fraction of sp³-hybridized carbons (Fsp3) is 0.125. The first-order valence-electron chi connectivity index (χ1n) is 6.77. The number of nitrogen functional groups attached to an aromatic ring is 1. The number of hydrogen-bond acceptors (Lipinski definition) is 4. The van der Waals surface area contributed by atoms with Crippen molar-refractivity contribution in [1.82, 2.24) is 9.97 Å². The summed E-state index contributed by atoms with van der Waals surface area (Å²) in [5.74, 6) is -0.498. The fourth-order valence-electron chi connectivity index (χ4n) is 2.49. The average molecular weight is 294 g/mol. The summed E-state index contributed by atoms with van der Waals surface area (Å²) < 4.78 is 0. The Balaban J connectivity index is 2.46. The quantitative estimate of drug-likeness (QED) is 0.428. The number of aromatic amines is 1. The van der Waals surface area contributed by atoms with Crippen LogP contribution >= 0.6 is 0 Å². The number of rotatable bonds is 2. The largest absolute Gasteiger partial charge is 0.397 e. The maximum Gasteiger partial charge on any atom is 0.243 e. The Kier molecular flexibility index (Phi) is 3.21. The minimum Gasteiger partial charge on any atom is -0.397 e. The van der Waals surface area contributed by atoms with E-state index < -0.39 is 0 Å². The topological polar surface area (TPSA) is 101 Å². The molecule has 3 aromatic rings. The van der Waals surface area contributed by atoms with E-state index in [0.29, 0.717) is 27.8 Å². The molecule has 6 heteroatoms. The van der Waals surface area contributed by atoms with Crippen molar-refractivity contribution < 1.29 is 9.59 Å². The predicted octanol–water partition coefficient (Wildman–Crippen LogP) is 1.94. The second-order valence-corrected chi connectivity index (χ2v) is 4.98. The van der Waals surface area contributed by atoms with Gasteiger partial charge in [-0.3, -0.25) is 14.6 Å². The van der Waals surface area contributed by atoms with Gasteiger partial charge in [0.2, 0.25) is 11.7 Å². The van der Waals surface area contributed by atoms with E-state index in [9.17, 15) is 9.59 Å². The molecule has 0 bridgehead atoms. The van der Waals surface area contributed by atoms with Gasteiger partial charge in [0.1, 0.15) is 0 Å². The number of aromatic nitrogens is 2. The number of nitrogens with one attached hydrogen (secondary N) is 1. The number of amides is 1. The maximum absolute atomic E-state index is 12.1. The monoisotopic (exact) mass is 294 g/mol. The Morgan fingerprint density at radius 2 is 2.14 bits per heavy atom. The first-order chi connectivity index (χ1) is 10.5. The molecule has 0 atom stereocenters. The van der Waals surface area contributed by atoms with E-state index >= 15 is 0 Å². The lowest BCUT2D eigenvalue weighted by atomic mass is 10.1. The SMILES string of the molecule is C/C=C/C(=O)c1cc2cnc3c(N)cc(=NC(C)=O)c([nH]1)c23. The Hall–Kier alpha value is -3.02. The van der Waals surface area contributed by atoms with Gasteiger partial charge in [-0.25, -0.2) is 4.99 Å². The van der Waals surface area contributed by atoms with Crippen molar-refractivity contribution >= 4 is 39.2 Å². The molecule has 6 nitrogen and oxygen atoms in total. The third kappa shape index (κ3) is 2.14. The molecule has 0 radical (unpaired) electrons. The van der Waals surface area contributed by atoms with Gasteiger partial charge < -0.3 is 10.7 Å². The molecule has 3 rings (SSSR count). The van der Waals surface area contributed by atoms with E-state index in [0.717, 1.165) is 10.8 Å². The van der Waals surface area contributed by atoms with Crippen molar-refractivity contribution in [2.24, 2.45) is 4.99 Å². The fourth-order valence-corrected chi connectivity index (χ4v) is 2.49. The van der Waals surface area contributed by atoms with Crippen molar-refractivity contribution in [2.45, 2.75) is 13.8 Å². The van der Waals surface area contributed by atoms with Crippen molar-refractivity contribution in [3.05, 3.63) is 41.5 Å². The summed E-state index contributed by atoms with van der Waals surface area (Å²) in [4.78, 5) is 34.7. The Morgan fingerprint density at radius 3 is 2.82 bits per heavy atom. The van der Waals surface area contributed by atoms with E-state index in [4.69, 9.17) is 5.73 Å². The van der Waals surface area contributed by atoms with Crippen molar-refractivity contribution in [3.8, 4) is 0 Å². The average Bonchev–Trinajstić information content (AvgIpc) is 2.88. The lowest BCUT2D eigenvalue weighted by molar-refractivity contribution is -0.116. The number of hydrogen-bond donors (Lipinski definition) is 2. The summed E-state index contributed by atoms with van der Waals surface area (Å²) in [5.41, 5.74) is 8.05. The van der Waals surface area contributed by atoms with Gasteiger partial charge in [0.25, 0.3) is 0 Å². The standard InChI is InChI=1S/C16H14N4O2/c1-3-4-13(22)11-5-9-7-18-15-10(17)6-12(19-8(2)21)16(20-11)14(9)15/h3-7,20H,17H2,1-2H3/b4-3+,19-12?. The minimum absolute atomic E-state index is 0.159. The lowest BCUT2D eigenvalue weighted by Gasteiger charge is -2.05. The zero-order chi connectivity index (χ0) is 15.9. The Labute approximate surface area is 125 Å². The normalized spacial score (nSPS) is 12.7. The van der Waals surface area contributed by atoms with Crippen LogP contribution in [0.2, 0.25) is 0 Å². The van der Waals surface area contributed by atoms with Gasteiger partial charge in [-0.2, -0.15) is 0 Å². The highest BCUT2D eigenvalue weighted by Crippen LogP contribution is 2.27. The minimum atomic E-state index is -0.339. The van der Waals surface area contributed by atoms with E-state index in [1.54, 1.807) is 31.3 Å². The molecule has 0 aliphatic rings. The molecule has 0 saturated heterocycles. The highest BCUT2D eigenvalue weighted by molar-refractivity contribution is 6.15. The van der Waals surface area contributed by atoms with Gasteiger partial charge in [0.05, 0.1) is 27.8 Å². The van der Waals surface area contributed by atoms with Crippen LogP contribution in [0.25, 0.3) is 21.8 Å².